The third kappa shape index (κ3) is 3.97. The first-order valence-electron chi connectivity index (χ1n) is 11.7. The van der Waals surface area contributed by atoms with E-state index < -0.39 is 11.7 Å². The summed E-state index contributed by atoms with van der Waals surface area (Å²) in [6.07, 6.45) is 3.94. The zero-order valence-corrected chi connectivity index (χ0v) is 19.9. The second-order valence-electron chi connectivity index (χ2n) is 8.96. The van der Waals surface area contributed by atoms with Crippen molar-refractivity contribution in [2.24, 2.45) is 0 Å². The molecule has 36 heavy (non-hydrogen) atoms. The molecule has 184 valence electrons. The Labute approximate surface area is 206 Å². The van der Waals surface area contributed by atoms with E-state index in [9.17, 15) is 4.79 Å². The van der Waals surface area contributed by atoms with Crippen LogP contribution in [0.3, 0.4) is 0 Å². The Morgan fingerprint density at radius 2 is 2.03 bits per heavy atom. The Bertz CT molecular complexity index is 1450. The molecule has 1 saturated heterocycles. The minimum absolute atomic E-state index is 0.411. The van der Waals surface area contributed by atoms with Crippen LogP contribution in [-0.4, -0.2) is 51.2 Å². The van der Waals surface area contributed by atoms with Crippen molar-refractivity contribution in [3.8, 4) is 11.6 Å². The van der Waals surface area contributed by atoms with Crippen LogP contribution in [0.25, 0.3) is 11.0 Å². The van der Waals surface area contributed by atoms with E-state index in [4.69, 9.17) is 14.2 Å². The van der Waals surface area contributed by atoms with Gasteiger partial charge in [-0.2, -0.15) is 0 Å². The predicted octanol–water partition coefficient (Wildman–Crippen LogP) is 4.05. The van der Waals surface area contributed by atoms with Crippen molar-refractivity contribution >= 4 is 28.8 Å². The van der Waals surface area contributed by atoms with Gasteiger partial charge in [0.1, 0.15) is 41.7 Å². The molecule has 11 nitrogen and oxygen atoms in total. The van der Waals surface area contributed by atoms with E-state index in [0.29, 0.717) is 50.0 Å². The summed E-state index contributed by atoms with van der Waals surface area (Å²) in [5, 5.41) is 2.69. The first-order chi connectivity index (χ1) is 17.5. The molecule has 11 heteroatoms. The summed E-state index contributed by atoms with van der Waals surface area (Å²) in [5.74, 6) is 3.16. The summed E-state index contributed by atoms with van der Waals surface area (Å²) in [5.41, 5.74) is 3.00. The van der Waals surface area contributed by atoms with Crippen molar-refractivity contribution in [1.82, 2.24) is 24.9 Å². The van der Waals surface area contributed by atoms with Crippen molar-refractivity contribution in [3.63, 3.8) is 0 Å². The number of carbonyl (C=O) groups excluding carboxylic acids is 1. The number of aromatic amines is 1. The lowest BCUT2D eigenvalue weighted by Crippen LogP contribution is -2.48. The first-order valence-corrected chi connectivity index (χ1v) is 11.7. The minimum Gasteiger partial charge on any atom is -0.439 e. The second kappa shape index (κ2) is 8.76. The summed E-state index contributed by atoms with van der Waals surface area (Å²) in [4.78, 5) is 35.2. The van der Waals surface area contributed by atoms with Gasteiger partial charge in [0.15, 0.2) is 0 Å². The Kier molecular flexibility index (Phi) is 5.41. The van der Waals surface area contributed by atoms with Crippen molar-refractivity contribution in [3.05, 3.63) is 59.8 Å². The lowest BCUT2D eigenvalue weighted by molar-refractivity contribution is -0.00853. The molecule has 1 amide bonds. The number of imidazole rings is 1. The van der Waals surface area contributed by atoms with Crippen LogP contribution in [0.1, 0.15) is 29.8 Å². The average Bonchev–Trinajstić information content (AvgIpc) is 3.28. The van der Waals surface area contributed by atoms with Crippen molar-refractivity contribution in [2.45, 2.75) is 32.0 Å². The SMILES string of the molecule is COCc1nc2cc(Oc3cc(N4CCC5(CC4)OC(=O)Nc4ncccc45)ncn3)cc(C)c2[nH]1. The van der Waals surface area contributed by atoms with Gasteiger partial charge in [0.2, 0.25) is 5.88 Å². The number of hydrogen-bond acceptors (Lipinski definition) is 9. The monoisotopic (exact) mass is 487 g/mol. The van der Waals surface area contributed by atoms with Crippen LogP contribution in [0.2, 0.25) is 0 Å². The summed E-state index contributed by atoms with van der Waals surface area (Å²) in [6, 6.07) is 9.47. The molecule has 6 rings (SSSR count). The Morgan fingerprint density at radius 3 is 2.86 bits per heavy atom. The number of amides is 1. The maximum Gasteiger partial charge on any atom is 0.413 e. The van der Waals surface area contributed by atoms with Gasteiger partial charge in [-0.3, -0.25) is 5.32 Å². The Balaban J connectivity index is 1.20. The molecule has 0 aliphatic carbocycles. The molecule has 2 aliphatic heterocycles. The number of anilines is 2. The van der Waals surface area contributed by atoms with Gasteiger partial charge in [0, 0.05) is 56.9 Å². The summed E-state index contributed by atoms with van der Waals surface area (Å²) in [6.45, 7) is 3.71. The highest BCUT2D eigenvalue weighted by atomic mass is 16.6. The maximum atomic E-state index is 12.2. The van der Waals surface area contributed by atoms with E-state index in [1.165, 1.54) is 6.33 Å². The number of H-pyrrole nitrogens is 1. The van der Waals surface area contributed by atoms with E-state index >= 15 is 0 Å². The van der Waals surface area contributed by atoms with Crippen molar-refractivity contribution < 1.29 is 19.0 Å². The van der Waals surface area contributed by atoms with Crippen LogP contribution < -0.4 is 15.0 Å². The summed E-state index contributed by atoms with van der Waals surface area (Å²) < 4.78 is 17.1. The van der Waals surface area contributed by atoms with E-state index in [1.54, 1.807) is 13.3 Å². The molecule has 5 heterocycles. The molecular weight excluding hydrogens is 462 g/mol. The van der Waals surface area contributed by atoms with Gasteiger partial charge in [-0.25, -0.2) is 24.7 Å². The predicted molar refractivity (Wildman–Crippen MR) is 131 cm³/mol. The molecule has 3 aromatic heterocycles. The van der Waals surface area contributed by atoms with Gasteiger partial charge in [-0.05, 0) is 30.7 Å². The quantitative estimate of drug-likeness (QED) is 0.428. The van der Waals surface area contributed by atoms with Gasteiger partial charge in [-0.1, -0.05) is 0 Å². The fraction of sp³-hybridized carbons (Fsp3) is 0.320. The number of aromatic nitrogens is 5. The molecule has 1 aromatic carbocycles. The standard InChI is InChI=1S/C25H25N7O4/c1-15-10-16(11-18-22(15)30-19(29-18)13-34-2)35-21-12-20(27-14-28-21)32-8-5-25(6-9-32)17-4-3-7-26-23(17)31-24(33)36-25/h3-4,7,10-12,14H,5-6,8-9,13H2,1-2H3,(H,29,30)(H,26,31,33). The highest BCUT2D eigenvalue weighted by Gasteiger charge is 2.45. The number of rotatable bonds is 5. The molecule has 4 aromatic rings. The number of ether oxygens (including phenoxy) is 3. The van der Waals surface area contributed by atoms with E-state index in [1.807, 2.05) is 37.3 Å². The number of methoxy groups -OCH3 is 1. The Hall–Kier alpha value is -4.25. The lowest BCUT2D eigenvalue weighted by atomic mass is 9.83. The molecule has 0 bridgehead atoms. The zero-order valence-electron chi connectivity index (χ0n) is 19.9. The molecular formula is C25H25N7O4. The van der Waals surface area contributed by atoms with Crippen LogP contribution in [0.5, 0.6) is 11.6 Å². The number of pyridine rings is 1. The van der Waals surface area contributed by atoms with E-state index in [0.717, 1.165) is 33.8 Å². The number of nitrogens with one attached hydrogen (secondary N) is 2. The number of aryl methyl sites for hydroxylation is 1. The Morgan fingerprint density at radius 1 is 1.17 bits per heavy atom. The smallest absolute Gasteiger partial charge is 0.413 e. The number of hydrogen-bond donors (Lipinski definition) is 2. The summed E-state index contributed by atoms with van der Waals surface area (Å²) in [7, 11) is 1.64. The van der Waals surface area contributed by atoms with Crippen LogP contribution >= 0.6 is 0 Å². The number of benzene rings is 1. The molecule has 0 radical (unpaired) electrons. The second-order valence-corrected chi connectivity index (χ2v) is 8.96. The van der Waals surface area contributed by atoms with Gasteiger partial charge in [-0.15, -0.1) is 0 Å². The molecule has 1 spiro atoms. The fourth-order valence-electron chi connectivity index (χ4n) is 4.94. The molecule has 1 fully saturated rings. The summed E-state index contributed by atoms with van der Waals surface area (Å²) >= 11 is 0. The normalized spacial score (nSPS) is 16.5. The van der Waals surface area contributed by atoms with Crippen molar-refractivity contribution in [2.75, 3.05) is 30.4 Å². The van der Waals surface area contributed by atoms with E-state index in [-0.39, 0.29) is 0 Å². The molecule has 0 unspecified atom stereocenters. The largest absolute Gasteiger partial charge is 0.439 e. The lowest BCUT2D eigenvalue weighted by Gasteiger charge is -2.44. The van der Waals surface area contributed by atoms with Crippen molar-refractivity contribution in [1.29, 1.82) is 0 Å². The van der Waals surface area contributed by atoms with Crippen LogP contribution in [0, 0.1) is 6.92 Å². The van der Waals surface area contributed by atoms with Crippen LogP contribution in [0.15, 0.2) is 42.9 Å². The first kappa shape index (κ1) is 22.2. The number of piperidine rings is 1. The fourth-order valence-corrected chi connectivity index (χ4v) is 4.94. The van der Waals surface area contributed by atoms with Crippen LogP contribution in [0.4, 0.5) is 16.4 Å². The molecule has 2 N–H and O–H groups in total. The third-order valence-corrected chi connectivity index (χ3v) is 6.65. The maximum absolute atomic E-state index is 12.2. The zero-order chi connectivity index (χ0) is 24.7. The van der Waals surface area contributed by atoms with Gasteiger partial charge in [0.05, 0.1) is 11.0 Å². The number of carbonyl (C=O) groups is 1. The van der Waals surface area contributed by atoms with Gasteiger partial charge < -0.3 is 24.1 Å². The topological polar surface area (TPSA) is 127 Å². The van der Waals surface area contributed by atoms with Crippen LogP contribution in [-0.2, 0) is 21.7 Å². The molecule has 2 aliphatic rings. The number of nitrogens with zero attached hydrogens (tertiary/aromatic N) is 5. The molecule has 0 atom stereocenters. The molecule has 0 saturated carbocycles. The number of fused-ring (bicyclic) bond motifs is 3. The van der Waals surface area contributed by atoms with Gasteiger partial charge in [0.25, 0.3) is 0 Å². The minimum atomic E-state index is -0.688. The highest BCUT2D eigenvalue weighted by molar-refractivity contribution is 5.87. The average molecular weight is 488 g/mol. The third-order valence-electron chi connectivity index (χ3n) is 6.65. The van der Waals surface area contributed by atoms with Gasteiger partial charge >= 0.3 is 6.09 Å². The van der Waals surface area contributed by atoms with E-state index in [2.05, 4.69) is 35.1 Å². The highest BCUT2D eigenvalue weighted by Crippen LogP contribution is 2.43.